The molecule has 2 aromatic rings. The van der Waals surface area contributed by atoms with Crippen molar-refractivity contribution < 1.29 is 32.2 Å². The largest absolute Gasteiger partial charge is 0.497 e. The molecule has 10 heteroatoms. The van der Waals surface area contributed by atoms with Crippen molar-refractivity contribution in [2.45, 2.75) is 49.0 Å². The summed E-state index contributed by atoms with van der Waals surface area (Å²) < 4.78 is 52.4. The highest BCUT2D eigenvalue weighted by Gasteiger charge is 2.34. The predicted octanol–water partition coefficient (Wildman–Crippen LogP) is 1.73. The summed E-state index contributed by atoms with van der Waals surface area (Å²) in [6.07, 6.45) is -0.413. The van der Waals surface area contributed by atoms with Crippen molar-refractivity contribution in [3.8, 4) is 5.75 Å². The first-order chi connectivity index (χ1) is 15.3. The number of ether oxygens (including phenoxy) is 2. The Morgan fingerprint density at radius 3 is 2.56 bits per heavy atom. The van der Waals surface area contributed by atoms with Crippen molar-refractivity contribution in [2.75, 3.05) is 13.7 Å². The summed E-state index contributed by atoms with van der Waals surface area (Å²) in [6, 6.07) is 11.5. The van der Waals surface area contributed by atoms with Crippen LogP contribution in [-0.4, -0.2) is 51.4 Å². The molecule has 3 rings (SSSR count). The van der Waals surface area contributed by atoms with Gasteiger partial charge in [-0.05, 0) is 43.2 Å². The number of hydrogen-bond donors (Lipinski definition) is 3. The van der Waals surface area contributed by atoms with Crippen LogP contribution in [0.15, 0.2) is 53.4 Å². The highest BCUT2D eigenvalue weighted by atomic mass is 32.2. The van der Waals surface area contributed by atoms with Crippen molar-refractivity contribution in [1.82, 2.24) is 10.0 Å². The van der Waals surface area contributed by atoms with Crippen LogP contribution in [0.3, 0.4) is 0 Å². The second-order valence-corrected chi connectivity index (χ2v) is 9.25. The lowest BCUT2D eigenvalue weighted by molar-refractivity contribution is -0.130. The van der Waals surface area contributed by atoms with Crippen LogP contribution in [-0.2, 0) is 26.1 Å². The van der Waals surface area contributed by atoms with E-state index in [9.17, 15) is 22.7 Å². The van der Waals surface area contributed by atoms with Gasteiger partial charge in [-0.1, -0.05) is 18.2 Å². The first kappa shape index (κ1) is 24.1. The molecule has 0 spiro atoms. The van der Waals surface area contributed by atoms with Gasteiger partial charge in [0.1, 0.15) is 11.6 Å². The molecule has 0 unspecified atom stereocenters. The molecule has 1 aliphatic heterocycles. The van der Waals surface area contributed by atoms with Gasteiger partial charge in [0.15, 0.2) is 0 Å². The summed E-state index contributed by atoms with van der Waals surface area (Å²) in [5.74, 6) is -0.171. The van der Waals surface area contributed by atoms with Crippen LogP contribution in [0, 0.1) is 5.82 Å². The van der Waals surface area contributed by atoms with Crippen LogP contribution in [0.4, 0.5) is 4.39 Å². The average molecular weight is 467 g/mol. The normalized spacial score (nSPS) is 21.2. The maximum atomic E-state index is 13.7. The Labute approximate surface area is 186 Å². The van der Waals surface area contributed by atoms with Crippen molar-refractivity contribution in [2.24, 2.45) is 0 Å². The van der Waals surface area contributed by atoms with Crippen LogP contribution in [0.1, 0.15) is 24.8 Å². The number of rotatable bonds is 9. The Bertz CT molecular complexity index is 1020. The van der Waals surface area contributed by atoms with Crippen LogP contribution in [0.25, 0.3) is 0 Å². The van der Waals surface area contributed by atoms with Crippen molar-refractivity contribution in [3.63, 3.8) is 0 Å². The highest BCUT2D eigenvalue weighted by Crippen LogP contribution is 2.24. The Balaban J connectivity index is 1.53. The van der Waals surface area contributed by atoms with Gasteiger partial charge in [0, 0.05) is 12.1 Å². The summed E-state index contributed by atoms with van der Waals surface area (Å²) >= 11 is 0. The van der Waals surface area contributed by atoms with E-state index in [1.165, 1.54) is 25.3 Å². The Kier molecular flexibility index (Phi) is 8.19. The third-order valence-corrected chi connectivity index (χ3v) is 6.82. The monoisotopic (exact) mass is 466 g/mol. The van der Waals surface area contributed by atoms with Gasteiger partial charge in [0.2, 0.25) is 15.9 Å². The molecule has 8 nitrogen and oxygen atoms in total. The van der Waals surface area contributed by atoms with E-state index in [4.69, 9.17) is 9.47 Å². The molecule has 1 amide bonds. The second-order valence-electron chi connectivity index (χ2n) is 7.53. The van der Waals surface area contributed by atoms with Crippen LogP contribution < -0.4 is 14.8 Å². The van der Waals surface area contributed by atoms with E-state index in [0.29, 0.717) is 24.2 Å². The van der Waals surface area contributed by atoms with E-state index < -0.39 is 40.7 Å². The Morgan fingerprint density at radius 1 is 1.19 bits per heavy atom. The number of carbonyl (C=O) groups excluding carboxylic acids is 1. The van der Waals surface area contributed by atoms with Gasteiger partial charge < -0.3 is 19.9 Å². The number of benzene rings is 2. The molecule has 174 valence electrons. The molecular formula is C22H27FN2O6S. The Morgan fingerprint density at radius 2 is 1.91 bits per heavy atom. The van der Waals surface area contributed by atoms with E-state index >= 15 is 0 Å². The number of halogens is 1. The maximum Gasteiger partial charge on any atom is 0.240 e. The minimum Gasteiger partial charge on any atom is -0.497 e. The SMILES string of the molecule is COc1ccc(S(=O)(=O)N[C@H]2CC[C@H](CC(=O)NCc3ccccc3F)O[C@@H]2CO)cc1. The number of aliphatic hydroxyl groups is 1. The van der Waals surface area contributed by atoms with Crippen LogP contribution >= 0.6 is 0 Å². The summed E-state index contributed by atoms with van der Waals surface area (Å²) in [5.41, 5.74) is 0.381. The van der Waals surface area contributed by atoms with Crippen LogP contribution in [0.5, 0.6) is 5.75 Å². The average Bonchev–Trinajstić information content (AvgIpc) is 2.79. The van der Waals surface area contributed by atoms with E-state index in [-0.39, 0.29) is 23.8 Å². The summed E-state index contributed by atoms with van der Waals surface area (Å²) in [7, 11) is -2.33. The van der Waals surface area contributed by atoms with E-state index in [2.05, 4.69) is 10.0 Å². The zero-order valence-corrected chi connectivity index (χ0v) is 18.5. The minimum atomic E-state index is -3.82. The number of nitrogens with one attached hydrogen (secondary N) is 2. The van der Waals surface area contributed by atoms with Crippen molar-refractivity contribution in [1.29, 1.82) is 0 Å². The van der Waals surface area contributed by atoms with Gasteiger partial charge in [-0.25, -0.2) is 17.5 Å². The minimum absolute atomic E-state index is 0.0307. The molecule has 2 aromatic carbocycles. The number of sulfonamides is 1. The van der Waals surface area contributed by atoms with Crippen molar-refractivity contribution in [3.05, 3.63) is 59.9 Å². The van der Waals surface area contributed by atoms with E-state index in [0.717, 1.165) is 0 Å². The molecule has 32 heavy (non-hydrogen) atoms. The quantitative estimate of drug-likeness (QED) is 0.519. The first-order valence-corrected chi connectivity index (χ1v) is 11.7. The molecule has 1 heterocycles. The van der Waals surface area contributed by atoms with E-state index in [1.54, 1.807) is 30.3 Å². The lowest BCUT2D eigenvalue weighted by Crippen LogP contribution is -2.51. The standard InChI is InChI=1S/C22H27FN2O6S/c1-30-16-6-9-18(10-7-16)32(28,29)25-20-11-8-17(31-21(20)14-26)12-22(27)24-13-15-4-2-3-5-19(15)23/h2-7,9-10,17,20-21,25-26H,8,11-14H2,1H3,(H,24,27)/t17-,20+,21-/m1/s1. The molecular weight excluding hydrogens is 439 g/mol. The lowest BCUT2D eigenvalue weighted by Gasteiger charge is -2.35. The third-order valence-electron chi connectivity index (χ3n) is 5.32. The van der Waals surface area contributed by atoms with Crippen molar-refractivity contribution >= 4 is 15.9 Å². The highest BCUT2D eigenvalue weighted by molar-refractivity contribution is 7.89. The zero-order chi connectivity index (χ0) is 23.1. The molecule has 0 saturated carbocycles. The molecule has 0 aliphatic carbocycles. The number of amides is 1. The van der Waals surface area contributed by atoms with Gasteiger partial charge >= 0.3 is 0 Å². The zero-order valence-electron chi connectivity index (χ0n) is 17.7. The fraction of sp³-hybridized carbons (Fsp3) is 0.409. The van der Waals surface area contributed by atoms with Gasteiger partial charge in [0.25, 0.3) is 0 Å². The molecule has 1 saturated heterocycles. The van der Waals surface area contributed by atoms with Gasteiger partial charge in [-0.15, -0.1) is 0 Å². The van der Waals surface area contributed by atoms with Gasteiger partial charge in [-0.3, -0.25) is 4.79 Å². The van der Waals surface area contributed by atoms with E-state index in [1.807, 2.05) is 0 Å². The first-order valence-electron chi connectivity index (χ1n) is 10.2. The fourth-order valence-corrected chi connectivity index (χ4v) is 4.85. The molecule has 0 radical (unpaired) electrons. The van der Waals surface area contributed by atoms with Gasteiger partial charge in [-0.2, -0.15) is 0 Å². The molecule has 3 atom stereocenters. The molecule has 0 aromatic heterocycles. The second kappa shape index (κ2) is 10.9. The number of aliphatic hydroxyl groups excluding tert-OH is 1. The topological polar surface area (TPSA) is 114 Å². The molecule has 3 N–H and O–H groups in total. The fourth-order valence-electron chi connectivity index (χ4n) is 3.55. The summed E-state index contributed by atoms with van der Waals surface area (Å²) in [6.45, 7) is -0.338. The van der Waals surface area contributed by atoms with Crippen LogP contribution in [0.2, 0.25) is 0 Å². The number of hydrogen-bond acceptors (Lipinski definition) is 6. The maximum absolute atomic E-state index is 13.7. The summed E-state index contributed by atoms with van der Waals surface area (Å²) in [4.78, 5) is 12.3. The summed E-state index contributed by atoms with van der Waals surface area (Å²) in [5, 5.41) is 12.4. The van der Waals surface area contributed by atoms with Gasteiger partial charge in [0.05, 0.1) is 43.3 Å². The Hall–Kier alpha value is -2.53. The number of methoxy groups -OCH3 is 1. The molecule has 1 aliphatic rings. The lowest BCUT2D eigenvalue weighted by atomic mass is 9.98. The predicted molar refractivity (Wildman–Crippen MR) is 115 cm³/mol. The smallest absolute Gasteiger partial charge is 0.240 e. The number of carbonyl (C=O) groups is 1. The molecule has 0 bridgehead atoms. The molecule has 1 fully saturated rings. The third kappa shape index (κ3) is 6.26.